The first kappa shape index (κ1) is 17.5. The molecule has 0 aliphatic carbocycles. The van der Waals surface area contributed by atoms with E-state index < -0.39 is 0 Å². The highest BCUT2D eigenvalue weighted by molar-refractivity contribution is 5.89. The molecule has 0 bridgehead atoms. The van der Waals surface area contributed by atoms with Gasteiger partial charge in [-0.05, 0) is 30.2 Å². The first-order chi connectivity index (χ1) is 12.2. The van der Waals surface area contributed by atoms with Gasteiger partial charge in [-0.2, -0.15) is 0 Å². The Morgan fingerprint density at radius 2 is 1.92 bits per heavy atom. The van der Waals surface area contributed by atoms with Gasteiger partial charge in [0.1, 0.15) is 0 Å². The third kappa shape index (κ3) is 5.05. The van der Waals surface area contributed by atoms with Crippen LogP contribution in [0.4, 0.5) is 10.5 Å². The number of ether oxygens (including phenoxy) is 1. The summed E-state index contributed by atoms with van der Waals surface area (Å²) < 4.78 is 5.95. The van der Waals surface area contributed by atoms with Gasteiger partial charge in [-0.25, -0.2) is 4.79 Å². The minimum atomic E-state index is -0.182. The summed E-state index contributed by atoms with van der Waals surface area (Å²) in [6.45, 7) is 6.00. The summed E-state index contributed by atoms with van der Waals surface area (Å²) in [5, 5.41) is 5.53. The number of urea groups is 1. The van der Waals surface area contributed by atoms with Gasteiger partial charge in [0.05, 0.1) is 12.7 Å². The fourth-order valence-corrected chi connectivity index (χ4v) is 3.01. The van der Waals surface area contributed by atoms with E-state index in [9.17, 15) is 4.79 Å². The Bertz CT molecular complexity index is 673. The van der Waals surface area contributed by atoms with Crippen molar-refractivity contribution in [3.63, 3.8) is 0 Å². The van der Waals surface area contributed by atoms with Gasteiger partial charge in [-0.15, -0.1) is 0 Å². The maximum Gasteiger partial charge on any atom is 0.319 e. The lowest BCUT2D eigenvalue weighted by molar-refractivity contribution is -0.0329. The van der Waals surface area contributed by atoms with Crippen LogP contribution < -0.4 is 10.6 Å². The summed E-state index contributed by atoms with van der Waals surface area (Å²) in [6.07, 6.45) is 0.0657. The minimum Gasteiger partial charge on any atom is -0.371 e. The Morgan fingerprint density at radius 3 is 2.64 bits per heavy atom. The van der Waals surface area contributed by atoms with Crippen molar-refractivity contribution >= 4 is 11.7 Å². The molecule has 1 heterocycles. The van der Waals surface area contributed by atoms with Gasteiger partial charge < -0.3 is 15.4 Å². The van der Waals surface area contributed by atoms with E-state index in [1.165, 1.54) is 5.56 Å². The van der Waals surface area contributed by atoms with E-state index in [1.807, 2.05) is 37.3 Å². The molecule has 0 saturated carbocycles. The second-order valence-corrected chi connectivity index (χ2v) is 6.19. The molecule has 1 aliphatic heterocycles. The van der Waals surface area contributed by atoms with Gasteiger partial charge in [0.15, 0.2) is 0 Å². The number of amides is 2. The Labute approximate surface area is 149 Å². The van der Waals surface area contributed by atoms with E-state index in [0.29, 0.717) is 6.54 Å². The molecule has 132 valence electrons. The molecule has 1 atom stereocenters. The Kier molecular flexibility index (Phi) is 6.04. The number of anilines is 1. The highest BCUT2D eigenvalue weighted by atomic mass is 16.5. The van der Waals surface area contributed by atoms with Gasteiger partial charge >= 0.3 is 6.03 Å². The first-order valence-electron chi connectivity index (χ1n) is 8.77. The number of nitrogens with zero attached hydrogens (tertiary/aromatic N) is 1. The largest absolute Gasteiger partial charge is 0.371 e. The van der Waals surface area contributed by atoms with Crippen molar-refractivity contribution in [2.75, 3.05) is 31.6 Å². The molecule has 25 heavy (non-hydrogen) atoms. The smallest absolute Gasteiger partial charge is 0.319 e. The zero-order chi connectivity index (χ0) is 17.5. The predicted octanol–water partition coefficient (Wildman–Crippen LogP) is 3.40. The van der Waals surface area contributed by atoms with E-state index in [1.54, 1.807) is 0 Å². The van der Waals surface area contributed by atoms with E-state index >= 15 is 0 Å². The quantitative estimate of drug-likeness (QED) is 0.878. The van der Waals surface area contributed by atoms with Gasteiger partial charge in [0, 0.05) is 31.9 Å². The number of hydrogen-bond donors (Lipinski definition) is 2. The molecular weight excluding hydrogens is 314 g/mol. The molecule has 3 rings (SSSR count). The maximum absolute atomic E-state index is 11.6. The topological polar surface area (TPSA) is 53.6 Å². The summed E-state index contributed by atoms with van der Waals surface area (Å²) in [4.78, 5) is 14.0. The van der Waals surface area contributed by atoms with Crippen molar-refractivity contribution in [2.45, 2.75) is 19.6 Å². The van der Waals surface area contributed by atoms with Crippen molar-refractivity contribution < 1.29 is 9.53 Å². The van der Waals surface area contributed by atoms with Gasteiger partial charge in [0.2, 0.25) is 0 Å². The van der Waals surface area contributed by atoms with Crippen molar-refractivity contribution in [2.24, 2.45) is 0 Å². The number of carbonyl (C=O) groups excluding carboxylic acids is 1. The number of carbonyl (C=O) groups is 1. The minimum absolute atomic E-state index is 0.0657. The highest BCUT2D eigenvalue weighted by Crippen LogP contribution is 2.24. The van der Waals surface area contributed by atoms with Crippen molar-refractivity contribution in [1.29, 1.82) is 0 Å². The van der Waals surface area contributed by atoms with Crippen LogP contribution in [0, 0.1) is 0 Å². The molecule has 0 radical (unpaired) electrons. The monoisotopic (exact) mass is 339 g/mol. The number of benzene rings is 2. The van der Waals surface area contributed by atoms with Crippen LogP contribution >= 0.6 is 0 Å². The Morgan fingerprint density at radius 1 is 1.16 bits per heavy atom. The van der Waals surface area contributed by atoms with Gasteiger partial charge in [-0.3, -0.25) is 4.90 Å². The van der Waals surface area contributed by atoms with E-state index in [2.05, 4.69) is 39.8 Å². The fourth-order valence-electron chi connectivity index (χ4n) is 3.01. The van der Waals surface area contributed by atoms with E-state index in [0.717, 1.165) is 37.5 Å². The molecule has 5 nitrogen and oxygen atoms in total. The predicted molar refractivity (Wildman–Crippen MR) is 99.5 cm³/mol. The summed E-state index contributed by atoms with van der Waals surface area (Å²) in [5.74, 6) is 0. The molecule has 2 aromatic rings. The summed E-state index contributed by atoms with van der Waals surface area (Å²) in [6, 6.07) is 18.2. The second kappa shape index (κ2) is 8.65. The van der Waals surface area contributed by atoms with Crippen LogP contribution in [0.25, 0.3) is 0 Å². The lowest BCUT2D eigenvalue weighted by atomic mass is 10.1. The van der Waals surface area contributed by atoms with Gasteiger partial charge in [0.25, 0.3) is 0 Å². The molecular formula is C20H25N3O2. The van der Waals surface area contributed by atoms with Crippen LogP contribution in [0.1, 0.15) is 24.2 Å². The number of hydrogen-bond acceptors (Lipinski definition) is 3. The molecule has 2 aromatic carbocycles. The van der Waals surface area contributed by atoms with E-state index in [-0.39, 0.29) is 12.1 Å². The van der Waals surface area contributed by atoms with Crippen molar-refractivity contribution in [3.05, 3.63) is 65.7 Å². The van der Waals surface area contributed by atoms with Crippen LogP contribution in [-0.2, 0) is 11.3 Å². The Hall–Kier alpha value is -2.37. The zero-order valence-electron chi connectivity index (χ0n) is 14.6. The summed E-state index contributed by atoms with van der Waals surface area (Å²) in [5.41, 5.74) is 3.25. The van der Waals surface area contributed by atoms with Crippen molar-refractivity contribution in [1.82, 2.24) is 10.2 Å². The SMILES string of the molecule is CCNC(=O)Nc1ccc(C2CN(Cc3ccccc3)CCO2)cc1. The summed E-state index contributed by atoms with van der Waals surface area (Å²) >= 11 is 0. The molecule has 0 aromatic heterocycles. The molecule has 5 heteroatoms. The number of nitrogens with one attached hydrogen (secondary N) is 2. The van der Waals surface area contributed by atoms with Gasteiger partial charge in [-0.1, -0.05) is 42.5 Å². The average Bonchev–Trinajstić information content (AvgIpc) is 2.64. The molecule has 1 saturated heterocycles. The standard InChI is InChI=1S/C20H25N3O2/c1-2-21-20(24)22-18-10-8-17(9-11-18)19-15-23(12-13-25-19)14-16-6-4-3-5-7-16/h3-11,19H,2,12-15H2,1H3,(H2,21,22,24). The molecule has 1 aliphatic rings. The second-order valence-electron chi connectivity index (χ2n) is 6.19. The van der Waals surface area contributed by atoms with E-state index in [4.69, 9.17) is 4.74 Å². The maximum atomic E-state index is 11.6. The van der Waals surface area contributed by atoms with Crippen LogP contribution in [0.2, 0.25) is 0 Å². The molecule has 0 spiro atoms. The highest BCUT2D eigenvalue weighted by Gasteiger charge is 2.22. The average molecular weight is 339 g/mol. The lowest BCUT2D eigenvalue weighted by Gasteiger charge is -2.33. The van der Waals surface area contributed by atoms with Crippen LogP contribution in [0.5, 0.6) is 0 Å². The fraction of sp³-hybridized carbons (Fsp3) is 0.350. The molecule has 1 unspecified atom stereocenters. The van der Waals surface area contributed by atoms with Crippen molar-refractivity contribution in [3.8, 4) is 0 Å². The lowest BCUT2D eigenvalue weighted by Crippen LogP contribution is -2.37. The normalized spacial score (nSPS) is 17.9. The number of rotatable bonds is 5. The van der Waals surface area contributed by atoms with Crippen LogP contribution in [0.3, 0.4) is 0 Å². The molecule has 2 amide bonds. The summed E-state index contributed by atoms with van der Waals surface area (Å²) in [7, 11) is 0. The zero-order valence-corrected chi connectivity index (χ0v) is 14.6. The third-order valence-electron chi connectivity index (χ3n) is 4.28. The molecule has 2 N–H and O–H groups in total. The van der Waals surface area contributed by atoms with Crippen LogP contribution in [-0.4, -0.2) is 37.2 Å². The third-order valence-corrected chi connectivity index (χ3v) is 4.28. The number of morpholine rings is 1. The molecule has 1 fully saturated rings. The Balaban J connectivity index is 1.58. The first-order valence-corrected chi connectivity index (χ1v) is 8.77. The van der Waals surface area contributed by atoms with Crippen LogP contribution in [0.15, 0.2) is 54.6 Å².